The van der Waals surface area contributed by atoms with E-state index in [1.807, 2.05) is 32.9 Å². The SMILES string of the molecule is Cc1ccc(Oc2cccc(F)c2OC[C@@H](C)NC(=O)[C@@H]2CC(=O)N[C@@H](CC(C)C)C(=O)N(C)[C@@H](CC(C)C)COc3ccccc3C(=O)N2)cc1. The average Bonchev–Trinajstić information content (AvgIpc) is 3.09. The van der Waals surface area contributed by atoms with Gasteiger partial charge in [-0.15, -0.1) is 0 Å². The van der Waals surface area contributed by atoms with Crippen LogP contribution in [0.1, 0.15) is 69.8 Å². The fourth-order valence-electron chi connectivity index (χ4n) is 5.89. The molecule has 1 heterocycles. The van der Waals surface area contributed by atoms with Crippen molar-refractivity contribution in [2.24, 2.45) is 11.8 Å². The number of nitrogens with zero attached hydrogens (tertiary/aromatic N) is 1. The maximum Gasteiger partial charge on any atom is 0.255 e. The molecular formula is C40H51FN4O7. The smallest absolute Gasteiger partial charge is 0.255 e. The summed E-state index contributed by atoms with van der Waals surface area (Å²) in [4.78, 5) is 56.4. The Balaban J connectivity index is 1.55. The van der Waals surface area contributed by atoms with Crippen LogP contribution in [0.3, 0.4) is 0 Å². The third-order valence-electron chi connectivity index (χ3n) is 8.60. The van der Waals surface area contributed by atoms with Crippen molar-refractivity contribution in [3.05, 3.63) is 83.7 Å². The summed E-state index contributed by atoms with van der Waals surface area (Å²) < 4.78 is 32.8. The molecule has 52 heavy (non-hydrogen) atoms. The average molecular weight is 719 g/mol. The lowest BCUT2D eigenvalue weighted by Gasteiger charge is -2.33. The van der Waals surface area contributed by atoms with E-state index in [0.29, 0.717) is 18.6 Å². The van der Waals surface area contributed by atoms with Gasteiger partial charge in [-0.25, -0.2) is 4.39 Å². The first kappa shape index (κ1) is 39.7. The van der Waals surface area contributed by atoms with Gasteiger partial charge in [-0.2, -0.15) is 0 Å². The molecule has 1 aliphatic rings. The van der Waals surface area contributed by atoms with Gasteiger partial charge in [0.2, 0.25) is 17.7 Å². The van der Waals surface area contributed by atoms with Gasteiger partial charge in [0.05, 0.1) is 24.1 Å². The summed E-state index contributed by atoms with van der Waals surface area (Å²) >= 11 is 0. The molecule has 0 fully saturated rings. The van der Waals surface area contributed by atoms with E-state index in [1.54, 1.807) is 61.3 Å². The number of carbonyl (C=O) groups excluding carboxylic acids is 4. The van der Waals surface area contributed by atoms with Crippen LogP contribution in [0, 0.1) is 24.6 Å². The summed E-state index contributed by atoms with van der Waals surface area (Å²) in [6, 6.07) is 15.0. The maximum atomic E-state index is 14.9. The first-order valence-corrected chi connectivity index (χ1v) is 17.8. The van der Waals surface area contributed by atoms with E-state index in [-0.39, 0.29) is 59.8 Å². The fraction of sp³-hybridized carbons (Fsp3) is 0.450. The lowest BCUT2D eigenvalue weighted by Crippen LogP contribution is -2.55. The standard InChI is InChI=1S/C40H51FN4O7/c1-24(2)19-28-23-50-34-13-9-8-11-30(34)38(47)44-32(21-36(46)43-33(20-25(3)4)40(49)45(28)7)39(48)42-27(6)22-51-37-31(41)12-10-14-35(37)52-29-17-15-26(5)16-18-29/h8-18,24-25,27-28,32-33H,19-23H2,1-7H3,(H,42,48)(H,43,46)(H,44,47)/t27-,28+,32+,33+/m1/s1. The van der Waals surface area contributed by atoms with Crippen molar-refractivity contribution in [1.82, 2.24) is 20.9 Å². The fourth-order valence-corrected chi connectivity index (χ4v) is 5.89. The zero-order valence-corrected chi connectivity index (χ0v) is 31.0. The summed E-state index contributed by atoms with van der Waals surface area (Å²) in [5, 5.41) is 8.29. The second-order valence-corrected chi connectivity index (χ2v) is 14.2. The Kier molecular flexibility index (Phi) is 14.0. The molecule has 0 bridgehead atoms. The number of nitrogens with one attached hydrogen (secondary N) is 3. The minimum absolute atomic E-state index is 0.0742. The number of rotatable bonds is 11. The summed E-state index contributed by atoms with van der Waals surface area (Å²) in [5.41, 5.74) is 1.21. The van der Waals surface area contributed by atoms with Crippen LogP contribution in [0.4, 0.5) is 4.39 Å². The van der Waals surface area contributed by atoms with Crippen molar-refractivity contribution in [3.8, 4) is 23.0 Å². The molecule has 280 valence electrons. The molecule has 0 saturated carbocycles. The summed E-state index contributed by atoms with van der Waals surface area (Å²) in [6.45, 7) is 11.6. The van der Waals surface area contributed by atoms with Crippen LogP contribution < -0.4 is 30.2 Å². The van der Waals surface area contributed by atoms with Crippen molar-refractivity contribution in [2.75, 3.05) is 20.3 Å². The molecule has 0 saturated heterocycles. The number of carbonyl (C=O) groups is 4. The molecule has 4 amide bonds. The van der Waals surface area contributed by atoms with Crippen LogP contribution in [0.25, 0.3) is 0 Å². The maximum absolute atomic E-state index is 14.9. The first-order chi connectivity index (χ1) is 24.7. The first-order valence-electron chi connectivity index (χ1n) is 17.8. The van der Waals surface area contributed by atoms with Crippen LogP contribution in [0.5, 0.6) is 23.0 Å². The molecule has 3 N–H and O–H groups in total. The normalized spacial score (nSPS) is 19.2. The van der Waals surface area contributed by atoms with Gasteiger partial charge in [-0.3, -0.25) is 19.2 Å². The minimum atomic E-state index is -1.33. The molecule has 11 nitrogen and oxygen atoms in total. The Labute approximate surface area is 305 Å². The predicted molar refractivity (Wildman–Crippen MR) is 196 cm³/mol. The summed E-state index contributed by atoms with van der Waals surface area (Å²) in [7, 11) is 1.70. The highest BCUT2D eigenvalue weighted by molar-refractivity contribution is 6.01. The Hall–Kier alpha value is -5.13. The van der Waals surface area contributed by atoms with E-state index in [4.69, 9.17) is 14.2 Å². The van der Waals surface area contributed by atoms with Crippen molar-refractivity contribution < 1.29 is 37.8 Å². The monoisotopic (exact) mass is 718 g/mol. The number of benzene rings is 3. The molecule has 0 aliphatic carbocycles. The number of hydrogen-bond donors (Lipinski definition) is 3. The van der Waals surface area contributed by atoms with Gasteiger partial charge < -0.3 is 35.1 Å². The van der Waals surface area contributed by atoms with Gasteiger partial charge in [-0.05, 0) is 74.9 Å². The van der Waals surface area contributed by atoms with Crippen molar-refractivity contribution in [2.45, 2.75) is 85.0 Å². The molecule has 12 heteroatoms. The number of hydrogen-bond acceptors (Lipinski definition) is 7. The molecule has 3 aromatic rings. The molecule has 4 atom stereocenters. The molecule has 0 unspecified atom stereocenters. The number of likely N-dealkylation sites (N-methyl/N-ethyl adjacent to an activating group) is 1. The van der Waals surface area contributed by atoms with Crippen LogP contribution >= 0.6 is 0 Å². The van der Waals surface area contributed by atoms with Crippen LogP contribution in [0.15, 0.2) is 66.7 Å². The second-order valence-electron chi connectivity index (χ2n) is 14.2. The largest absolute Gasteiger partial charge is 0.491 e. The van der Waals surface area contributed by atoms with E-state index < -0.39 is 48.1 Å². The number of aryl methyl sites for hydroxylation is 1. The van der Waals surface area contributed by atoms with Gasteiger partial charge >= 0.3 is 0 Å². The molecule has 0 spiro atoms. The molecule has 3 aromatic carbocycles. The van der Waals surface area contributed by atoms with Gasteiger partial charge in [0.15, 0.2) is 17.3 Å². The highest BCUT2D eigenvalue weighted by Crippen LogP contribution is 2.34. The Morgan fingerprint density at radius 1 is 0.942 bits per heavy atom. The van der Waals surface area contributed by atoms with Crippen LogP contribution in [-0.4, -0.2) is 73.0 Å². The molecule has 4 rings (SSSR count). The van der Waals surface area contributed by atoms with Crippen molar-refractivity contribution in [1.29, 1.82) is 0 Å². The minimum Gasteiger partial charge on any atom is -0.491 e. The Morgan fingerprint density at radius 2 is 1.63 bits per heavy atom. The van der Waals surface area contributed by atoms with E-state index in [1.165, 1.54) is 12.1 Å². The van der Waals surface area contributed by atoms with E-state index >= 15 is 0 Å². The lowest BCUT2D eigenvalue weighted by molar-refractivity contribution is -0.138. The van der Waals surface area contributed by atoms with Crippen molar-refractivity contribution >= 4 is 23.6 Å². The highest BCUT2D eigenvalue weighted by atomic mass is 19.1. The third kappa shape index (κ3) is 11.2. The highest BCUT2D eigenvalue weighted by Gasteiger charge is 2.33. The van der Waals surface area contributed by atoms with Crippen LogP contribution in [-0.2, 0) is 14.4 Å². The zero-order valence-electron chi connectivity index (χ0n) is 31.0. The molecular weight excluding hydrogens is 667 g/mol. The summed E-state index contributed by atoms with van der Waals surface area (Å²) in [5.74, 6) is -1.66. The van der Waals surface area contributed by atoms with E-state index in [2.05, 4.69) is 29.8 Å². The number of amides is 4. The Bertz CT molecular complexity index is 1700. The molecule has 1 aliphatic heterocycles. The Morgan fingerprint density at radius 3 is 2.33 bits per heavy atom. The molecule has 0 radical (unpaired) electrons. The number of fused-ring (bicyclic) bond motifs is 1. The van der Waals surface area contributed by atoms with Gasteiger partial charge in [0.1, 0.15) is 36.8 Å². The lowest BCUT2D eigenvalue weighted by atomic mass is 9.99. The topological polar surface area (TPSA) is 135 Å². The van der Waals surface area contributed by atoms with Crippen molar-refractivity contribution in [3.63, 3.8) is 0 Å². The van der Waals surface area contributed by atoms with Gasteiger partial charge in [-0.1, -0.05) is 63.6 Å². The predicted octanol–water partition coefficient (Wildman–Crippen LogP) is 5.80. The van der Waals surface area contributed by atoms with Crippen LogP contribution in [0.2, 0.25) is 0 Å². The van der Waals surface area contributed by atoms with E-state index in [0.717, 1.165) is 5.56 Å². The quantitative estimate of drug-likeness (QED) is 0.228. The van der Waals surface area contributed by atoms with Gasteiger partial charge in [0.25, 0.3) is 5.91 Å². The number of ether oxygens (including phenoxy) is 3. The third-order valence-corrected chi connectivity index (χ3v) is 8.60. The molecule has 0 aromatic heterocycles. The summed E-state index contributed by atoms with van der Waals surface area (Å²) in [6.07, 6.45) is 0.564. The second kappa shape index (κ2) is 18.4. The van der Waals surface area contributed by atoms with E-state index in [9.17, 15) is 23.6 Å². The van der Waals surface area contributed by atoms with Gasteiger partial charge in [0, 0.05) is 7.05 Å². The number of para-hydroxylation sites is 2. The number of halogens is 1. The zero-order chi connectivity index (χ0) is 37.9.